The zero-order chi connectivity index (χ0) is 16.8. The maximum atomic E-state index is 5.48. The number of thiocarbonyl (C=S) groups is 1. The van der Waals surface area contributed by atoms with E-state index in [-0.39, 0.29) is 0 Å². The molecule has 1 aromatic carbocycles. The Labute approximate surface area is 148 Å². The van der Waals surface area contributed by atoms with Crippen molar-refractivity contribution in [2.24, 2.45) is 0 Å². The number of hydrogen-bond acceptors (Lipinski definition) is 4. The Balaban J connectivity index is 1.41. The van der Waals surface area contributed by atoms with Crippen molar-refractivity contribution in [3.8, 4) is 11.5 Å². The van der Waals surface area contributed by atoms with Crippen molar-refractivity contribution >= 4 is 17.3 Å². The Hall–Kier alpha value is -1.57. The van der Waals surface area contributed by atoms with Crippen molar-refractivity contribution in [1.29, 1.82) is 0 Å². The van der Waals surface area contributed by atoms with Gasteiger partial charge in [0.15, 0.2) is 16.6 Å². The monoisotopic (exact) mass is 352 g/mol. The number of hydrogen-bond donors (Lipinski definition) is 2. The molecular weight excluding hydrogens is 326 g/mol. The van der Waals surface area contributed by atoms with E-state index in [4.69, 9.17) is 26.4 Å². The molecule has 2 heterocycles. The summed E-state index contributed by atoms with van der Waals surface area (Å²) in [7, 11) is 1.72. The highest BCUT2D eigenvalue weighted by molar-refractivity contribution is 7.80. The minimum Gasteiger partial charge on any atom is -0.454 e. The maximum absolute atomic E-state index is 5.48. The Morgan fingerprint density at radius 2 is 2.08 bits per heavy atom. The van der Waals surface area contributed by atoms with Gasteiger partial charge < -0.3 is 29.3 Å². The average Bonchev–Trinajstić information content (AvgIpc) is 3.07. The van der Waals surface area contributed by atoms with Gasteiger partial charge in [0.05, 0.1) is 26.2 Å². The molecule has 0 amide bonds. The standard InChI is InChI=1S/C17H25N3O3S/c1-21-10-2-5-18-17(24)20-8-6-19(7-9-20)12-14-3-4-15-16(11-14)23-13-22-15/h3-4,11H,2,5-10,12-13H2,1H3,(H,18,24)/p+1. The highest BCUT2D eigenvalue weighted by atomic mass is 32.1. The molecule has 0 saturated carbocycles. The van der Waals surface area contributed by atoms with Gasteiger partial charge in [0.2, 0.25) is 6.79 Å². The first-order valence-corrected chi connectivity index (χ1v) is 8.91. The van der Waals surface area contributed by atoms with E-state index in [1.807, 2.05) is 6.07 Å². The van der Waals surface area contributed by atoms with Crippen molar-refractivity contribution in [2.45, 2.75) is 13.0 Å². The van der Waals surface area contributed by atoms with E-state index in [9.17, 15) is 0 Å². The van der Waals surface area contributed by atoms with E-state index < -0.39 is 0 Å². The second-order valence-corrected chi connectivity index (χ2v) is 6.57. The molecule has 2 aliphatic rings. The van der Waals surface area contributed by atoms with Gasteiger partial charge in [-0.3, -0.25) is 0 Å². The second kappa shape index (κ2) is 8.50. The van der Waals surface area contributed by atoms with Crippen LogP contribution in [0.25, 0.3) is 0 Å². The molecule has 1 saturated heterocycles. The summed E-state index contributed by atoms with van der Waals surface area (Å²) in [4.78, 5) is 3.85. The lowest BCUT2D eigenvalue weighted by molar-refractivity contribution is -0.917. The lowest BCUT2D eigenvalue weighted by Crippen LogP contribution is -3.13. The van der Waals surface area contributed by atoms with Gasteiger partial charge in [-0.25, -0.2) is 0 Å². The molecule has 0 bridgehead atoms. The third-order valence-corrected chi connectivity index (χ3v) is 4.85. The average molecular weight is 352 g/mol. The molecule has 0 radical (unpaired) electrons. The fraction of sp³-hybridized carbons (Fsp3) is 0.588. The van der Waals surface area contributed by atoms with E-state index >= 15 is 0 Å². The van der Waals surface area contributed by atoms with Crippen molar-refractivity contribution < 1.29 is 19.1 Å². The molecule has 2 aliphatic heterocycles. The molecule has 1 aromatic rings. The summed E-state index contributed by atoms with van der Waals surface area (Å²) in [5.74, 6) is 1.72. The SMILES string of the molecule is COCCCNC(=S)N1CC[NH+](Cc2ccc3c(c2)OCO3)CC1. The van der Waals surface area contributed by atoms with Crippen LogP contribution in [0.1, 0.15) is 12.0 Å². The van der Waals surface area contributed by atoms with Gasteiger partial charge in [0.1, 0.15) is 6.54 Å². The molecule has 0 unspecified atom stereocenters. The zero-order valence-corrected chi connectivity index (χ0v) is 15.0. The van der Waals surface area contributed by atoms with Gasteiger partial charge in [-0.05, 0) is 36.8 Å². The van der Waals surface area contributed by atoms with Gasteiger partial charge >= 0.3 is 0 Å². The van der Waals surface area contributed by atoms with Crippen LogP contribution in [0.3, 0.4) is 0 Å². The number of rotatable bonds is 6. The van der Waals surface area contributed by atoms with Gasteiger partial charge in [0.25, 0.3) is 0 Å². The molecule has 0 atom stereocenters. The van der Waals surface area contributed by atoms with Crippen molar-refractivity contribution in [3.63, 3.8) is 0 Å². The van der Waals surface area contributed by atoms with Gasteiger partial charge in [-0.15, -0.1) is 0 Å². The van der Waals surface area contributed by atoms with Crippen LogP contribution in [-0.2, 0) is 11.3 Å². The lowest BCUT2D eigenvalue weighted by Gasteiger charge is -2.34. The van der Waals surface area contributed by atoms with Crippen molar-refractivity contribution in [1.82, 2.24) is 10.2 Å². The normalized spacial score (nSPS) is 17.1. The number of ether oxygens (including phenoxy) is 3. The number of methoxy groups -OCH3 is 1. The summed E-state index contributed by atoms with van der Waals surface area (Å²) < 4.78 is 15.9. The number of nitrogens with one attached hydrogen (secondary N) is 2. The highest BCUT2D eigenvalue weighted by Gasteiger charge is 2.22. The number of piperazine rings is 1. The van der Waals surface area contributed by atoms with E-state index in [1.165, 1.54) is 5.56 Å². The van der Waals surface area contributed by atoms with Crippen LogP contribution in [0.15, 0.2) is 18.2 Å². The molecule has 24 heavy (non-hydrogen) atoms. The third-order valence-electron chi connectivity index (χ3n) is 4.45. The molecule has 6 nitrogen and oxygen atoms in total. The summed E-state index contributed by atoms with van der Waals surface area (Å²) in [5, 5.41) is 4.19. The first-order valence-electron chi connectivity index (χ1n) is 8.50. The van der Waals surface area contributed by atoms with Gasteiger partial charge in [-0.1, -0.05) is 0 Å². The first-order chi connectivity index (χ1) is 11.8. The lowest BCUT2D eigenvalue weighted by atomic mass is 10.1. The van der Waals surface area contributed by atoms with Crippen molar-refractivity contribution in [3.05, 3.63) is 23.8 Å². The summed E-state index contributed by atoms with van der Waals surface area (Å²) in [6, 6.07) is 6.24. The fourth-order valence-corrected chi connectivity index (χ4v) is 3.35. The number of quaternary nitrogens is 1. The minimum atomic E-state index is 0.332. The molecule has 3 rings (SSSR count). The summed E-state index contributed by atoms with van der Waals surface area (Å²) in [6.07, 6.45) is 0.978. The summed E-state index contributed by atoms with van der Waals surface area (Å²) >= 11 is 5.48. The molecule has 0 aromatic heterocycles. The predicted octanol–water partition coefficient (Wildman–Crippen LogP) is 0.0268. The van der Waals surface area contributed by atoms with Crippen LogP contribution >= 0.6 is 12.2 Å². The molecular formula is C17H26N3O3S+. The largest absolute Gasteiger partial charge is 0.454 e. The second-order valence-electron chi connectivity index (χ2n) is 6.18. The Bertz CT molecular complexity index is 562. The van der Waals surface area contributed by atoms with E-state index in [0.717, 1.165) is 68.9 Å². The van der Waals surface area contributed by atoms with E-state index in [2.05, 4.69) is 22.3 Å². The van der Waals surface area contributed by atoms with Crippen molar-refractivity contribution in [2.75, 3.05) is 53.2 Å². The Kier molecular flexibility index (Phi) is 6.12. The topological polar surface area (TPSA) is 47.4 Å². The Morgan fingerprint density at radius 3 is 2.88 bits per heavy atom. The molecule has 0 aliphatic carbocycles. The first kappa shape index (κ1) is 17.3. The van der Waals surface area contributed by atoms with Crippen LogP contribution in [0.4, 0.5) is 0 Å². The quantitative estimate of drug-likeness (QED) is 0.556. The number of nitrogens with zero attached hydrogens (tertiary/aromatic N) is 1. The molecule has 1 fully saturated rings. The van der Waals surface area contributed by atoms with Crippen LogP contribution in [-0.4, -0.2) is 63.2 Å². The van der Waals surface area contributed by atoms with Crippen LogP contribution < -0.4 is 19.7 Å². The molecule has 7 heteroatoms. The predicted molar refractivity (Wildman–Crippen MR) is 95.6 cm³/mol. The zero-order valence-electron chi connectivity index (χ0n) is 14.2. The fourth-order valence-electron chi connectivity index (χ4n) is 3.07. The van der Waals surface area contributed by atoms with Crippen LogP contribution in [0, 0.1) is 0 Å². The molecule has 0 spiro atoms. The number of fused-ring (bicyclic) bond motifs is 1. The van der Waals surface area contributed by atoms with Crippen LogP contribution in [0.2, 0.25) is 0 Å². The number of benzene rings is 1. The molecule has 132 valence electrons. The van der Waals surface area contributed by atoms with Crippen LogP contribution in [0.5, 0.6) is 11.5 Å². The maximum Gasteiger partial charge on any atom is 0.231 e. The van der Waals surface area contributed by atoms with E-state index in [1.54, 1.807) is 12.0 Å². The van der Waals surface area contributed by atoms with Gasteiger partial charge in [-0.2, -0.15) is 0 Å². The minimum absolute atomic E-state index is 0.332. The van der Waals surface area contributed by atoms with Gasteiger partial charge in [0, 0.05) is 25.8 Å². The molecule has 2 N–H and O–H groups in total. The Morgan fingerprint density at radius 1 is 1.29 bits per heavy atom. The van der Waals surface area contributed by atoms with E-state index in [0.29, 0.717) is 6.79 Å². The summed E-state index contributed by atoms with van der Waals surface area (Å²) in [6.45, 7) is 7.16. The third kappa shape index (κ3) is 4.49. The smallest absolute Gasteiger partial charge is 0.231 e. The summed E-state index contributed by atoms with van der Waals surface area (Å²) in [5.41, 5.74) is 1.29. The highest BCUT2D eigenvalue weighted by Crippen LogP contribution is 2.32.